The van der Waals surface area contributed by atoms with E-state index in [4.69, 9.17) is 20.1 Å². The topological polar surface area (TPSA) is 111 Å². The number of carboxylic acid groups (broad SMARTS) is 1. The summed E-state index contributed by atoms with van der Waals surface area (Å²) < 4.78 is 40.3. The maximum atomic E-state index is 14.3. The van der Waals surface area contributed by atoms with Gasteiger partial charge in [0, 0.05) is 17.7 Å². The van der Waals surface area contributed by atoms with Gasteiger partial charge >= 0.3 is 5.97 Å². The summed E-state index contributed by atoms with van der Waals surface area (Å²) in [6.07, 6.45) is 12.0. The van der Waals surface area contributed by atoms with E-state index in [0.717, 1.165) is 67.2 Å². The maximum Gasteiger partial charge on any atom is 0.337 e. The lowest BCUT2D eigenvalue weighted by atomic mass is 9.87. The van der Waals surface area contributed by atoms with Gasteiger partial charge in [-0.1, -0.05) is 24.1 Å². The average Bonchev–Trinajstić information content (AvgIpc) is 3.85. The van der Waals surface area contributed by atoms with Crippen LogP contribution in [0.4, 0.5) is 14.6 Å². The summed E-state index contributed by atoms with van der Waals surface area (Å²) in [5, 5.41) is 12.8. The van der Waals surface area contributed by atoms with E-state index in [1.165, 1.54) is 43.7 Å². The number of nitrogens with zero attached hydrogens (tertiary/aromatic N) is 2. The van der Waals surface area contributed by atoms with Gasteiger partial charge in [-0.2, -0.15) is 0 Å². The number of carboxylic acids is 1. The Labute approximate surface area is 225 Å². The number of pyridine rings is 1. The average molecular weight is 538 g/mol. The minimum absolute atomic E-state index is 0.106. The summed E-state index contributed by atoms with van der Waals surface area (Å²) in [7, 11) is 0. The third-order valence-electron chi connectivity index (χ3n) is 8.49. The zero-order valence-corrected chi connectivity index (χ0v) is 21.7. The molecule has 4 saturated carbocycles. The van der Waals surface area contributed by atoms with Crippen molar-refractivity contribution in [2.24, 2.45) is 11.8 Å². The lowest BCUT2D eigenvalue weighted by Crippen LogP contribution is -2.23. The Bertz CT molecular complexity index is 1340. The van der Waals surface area contributed by atoms with Crippen molar-refractivity contribution in [1.82, 2.24) is 10.1 Å². The van der Waals surface area contributed by atoms with Gasteiger partial charge < -0.3 is 20.1 Å². The zero-order chi connectivity index (χ0) is 27.1. The van der Waals surface area contributed by atoms with Crippen molar-refractivity contribution in [3.63, 3.8) is 0 Å². The number of rotatable bonds is 7. The van der Waals surface area contributed by atoms with E-state index in [9.17, 15) is 13.6 Å². The molecule has 3 aromatic rings. The van der Waals surface area contributed by atoms with Crippen LogP contribution in [-0.4, -0.2) is 27.3 Å². The van der Waals surface area contributed by atoms with Gasteiger partial charge in [0.1, 0.15) is 28.9 Å². The van der Waals surface area contributed by atoms with Crippen molar-refractivity contribution in [1.29, 1.82) is 0 Å². The third-order valence-corrected chi connectivity index (χ3v) is 8.49. The van der Waals surface area contributed by atoms with Gasteiger partial charge in [-0.25, -0.2) is 18.6 Å². The summed E-state index contributed by atoms with van der Waals surface area (Å²) >= 11 is 0. The van der Waals surface area contributed by atoms with Crippen molar-refractivity contribution in [3.05, 3.63) is 64.5 Å². The first-order valence-corrected chi connectivity index (χ1v) is 13.9. The van der Waals surface area contributed by atoms with Gasteiger partial charge in [0.15, 0.2) is 0 Å². The van der Waals surface area contributed by atoms with Crippen molar-refractivity contribution >= 4 is 11.8 Å². The summed E-state index contributed by atoms with van der Waals surface area (Å²) in [4.78, 5) is 14.5. The van der Waals surface area contributed by atoms with Crippen LogP contribution in [0.25, 0.3) is 11.3 Å². The SMILES string of the molecule is Fc1cccc(F)c1-c1noc(C2CC2)c1COC1CC2CC[C@@H](C2)C1.Nc1ncc(C(=O)O)cc1C1CC1. The second kappa shape index (κ2) is 10.7. The molecule has 0 amide bonds. The van der Waals surface area contributed by atoms with Crippen molar-refractivity contribution in [2.75, 3.05) is 5.73 Å². The highest BCUT2D eigenvalue weighted by Gasteiger charge is 2.37. The van der Waals surface area contributed by atoms with E-state index in [1.54, 1.807) is 6.07 Å². The molecule has 206 valence electrons. The third kappa shape index (κ3) is 5.69. The number of ether oxygens (including phenoxy) is 1. The molecule has 2 heterocycles. The molecule has 3 atom stereocenters. The van der Waals surface area contributed by atoms with Gasteiger partial charge in [0.2, 0.25) is 0 Å². The number of fused-ring (bicyclic) bond motifs is 2. The molecule has 0 radical (unpaired) electrons. The Morgan fingerprint density at radius 1 is 1.03 bits per heavy atom. The molecular formula is C30H33F2N3O4. The first-order chi connectivity index (χ1) is 18.9. The lowest BCUT2D eigenvalue weighted by Gasteiger charge is -2.27. The molecule has 1 aromatic carbocycles. The molecule has 3 N–H and O–H groups in total. The Hall–Kier alpha value is -3.33. The molecule has 4 aliphatic rings. The highest BCUT2D eigenvalue weighted by molar-refractivity contribution is 5.87. The largest absolute Gasteiger partial charge is 0.478 e. The number of hydrogen-bond acceptors (Lipinski definition) is 6. The Kier molecular flexibility index (Phi) is 7.10. The van der Waals surface area contributed by atoms with Crippen molar-refractivity contribution in [3.8, 4) is 11.3 Å². The first kappa shape index (κ1) is 25.9. The van der Waals surface area contributed by atoms with Crippen LogP contribution in [-0.2, 0) is 11.3 Å². The highest BCUT2D eigenvalue weighted by Crippen LogP contribution is 2.46. The number of halogens is 2. The quantitative estimate of drug-likeness (QED) is 0.340. The van der Waals surface area contributed by atoms with Crippen LogP contribution in [0.3, 0.4) is 0 Å². The molecular weight excluding hydrogens is 504 g/mol. The number of aromatic nitrogens is 2. The van der Waals surface area contributed by atoms with E-state index >= 15 is 0 Å². The van der Waals surface area contributed by atoms with Gasteiger partial charge in [-0.3, -0.25) is 0 Å². The molecule has 0 spiro atoms. The minimum Gasteiger partial charge on any atom is -0.478 e. The van der Waals surface area contributed by atoms with Crippen LogP contribution in [0.2, 0.25) is 0 Å². The molecule has 7 nitrogen and oxygen atoms in total. The number of anilines is 1. The predicted octanol–water partition coefficient (Wildman–Crippen LogP) is 6.83. The molecule has 0 saturated heterocycles. The number of benzene rings is 1. The molecule has 39 heavy (non-hydrogen) atoms. The molecule has 4 fully saturated rings. The van der Waals surface area contributed by atoms with Crippen LogP contribution < -0.4 is 5.73 Å². The van der Waals surface area contributed by atoms with Crippen LogP contribution in [0.1, 0.15) is 96.9 Å². The molecule has 7 rings (SSSR count). The number of nitrogens with two attached hydrogens (primary N) is 1. The molecule has 9 heteroatoms. The van der Waals surface area contributed by atoms with Crippen LogP contribution in [0, 0.1) is 23.5 Å². The normalized spacial score (nSPS) is 23.8. The lowest BCUT2D eigenvalue weighted by molar-refractivity contribution is -0.00127. The zero-order valence-electron chi connectivity index (χ0n) is 21.7. The minimum atomic E-state index is -0.950. The second-order valence-electron chi connectivity index (χ2n) is 11.5. The smallest absolute Gasteiger partial charge is 0.337 e. The van der Waals surface area contributed by atoms with Gasteiger partial charge in [-0.05, 0) is 86.5 Å². The van der Waals surface area contributed by atoms with Crippen molar-refractivity contribution < 1.29 is 27.9 Å². The molecule has 4 aliphatic carbocycles. The highest BCUT2D eigenvalue weighted by atomic mass is 19.1. The van der Waals surface area contributed by atoms with Crippen LogP contribution in [0.15, 0.2) is 35.0 Å². The maximum absolute atomic E-state index is 14.3. The summed E-state index contributed by atoms with van der Waals surface area (Å²) in [5.41, 5.74) is 7.62. The number of hydrogen-bond donors (Lipinski definition) is 2. The Morgan fingerprint density at radius 3 is 2.31 bits per heavy atom. The fraction of sp³-hybridized carbons (Fsp3) is 0.500. The Balaban J connectivity index is 0.000000179. The standard InChI is InChI=1S/C21H23F2NO2.C9H10N2O2/c22-17-2-1-3-18(23)19(17)20-16(21(26-24-20)14-6-7-14)11-25-15-9-12-4-5-13(8-12)10-15;10-8-7(5-1-2-5)3-6(4-11-8)9(12)13/h1-3,12-15H,4-11H2;3-5H,1-2H2,(H2,10,11)(H,12,13)/t12-,13?,15?;/m0./s1. The van der Waals surface area contributed by atoms with E-state index < -0.39 is 17.6 Å². The van der Waals surface area contributed by atoms with E-state index in [-0.39, 0.29) is 22.9 Å². The second-order valence-corrected chi connectivity index (χ2v) is 11.5. The molecule has 2 bridgehead atoms. The van der Waals surface area contributed by atoms with Crippen LogP contribution >= 0.6 is 0 Å². The predicted molar refractivity (Wildman–Crippen MR) is 140 cm³/mol. The fourth-order valence-corrected chi connectivity index (χ4v) is 6.16. The summed E-state index contributed by atoms with van der Waals surface area (Å²) in [6, 6.07) is 5.51. The number of carbonyl (C=O) groups is 1. The summed E-state index contributed by atoms with van der Waals surface area (Å²) in [6.45, 7) is 0.322. The number of nitrogen functional groups attached to an aromatic ring is 1. The van der Waals surface area contributed by atoms with E-state index in [0.29, 0.717) is 24.3 Å². The molecule has 0 aliphatic heterocycles. The van der Waals surface area contributed by atoms with Gasteiger partial charge in [0.25, 0.3) is 0 Å². The van der Waals surface area contributed by atoms with Gasteiger partial charge in [-0.15, -0.1) is 0 Å². The Morgan fingerprint density at radius 2 is 1.69 bits per heavy atom. The molecule has 2 aromatic heterocycles. The number of aromatic carboxylic acids is 1. The van der Waals surface area contributed by atoms with E-state index in [2.05, 4.69) is 10.1 Å². The molecule has 2 unspecified atom stereocenters. The van der Waals surface area contributed by atoms with Crippen molar-refractivity contribution in [2.45, 2.75) is 82.3 Å². The van der Waals surface area contributed by atoms with E-state index in [1.807, 2.05) is 0 Å². The fourth-order valence-electron chi connectivity index (χ4n) is 6.16. The summed E-state index contributed by atoms with van der Waals surface area (Å²) in [5.74, 6) is 1.36. The van der Waals surface area contributed by atoms with Gasteiger partial charge in [0.05, 0.1) is 23.8 Å². The monoisotopic (exact) mass is 537 g/mol. The van der Waals surface area contributed by atoms with Crippen LogP contribution in [0.5, 0.6) is 0 Å². The first-order valence-electron chi connectivity index (χ1n) is 13.9.